The van der Waals surface area contributed by atoms with Crippen molar-refractivity contribution in [1.29, 1.82) is 0 Å². The summed E-state index contributed by atoms with van der Waals surface area (Å²) in [6.45, 7) is 1.93. The van der Waals surface area contributed by atoms with Gasteiger partial charge in [-0.1, -0.05) is 6.07 Å². The van der Waals surface area contributed by atoms with Gasteiger partial charge in [0.2, 0.25) is 0 Å². The topological polar surface area (TPSA) is 56.0 Å². The fourth-order valence-corrected chi connectivity index (χ4v) is 2.77. The number of carbonyl (C=O) groups is 1. The Morgan fingerprint density at radius 3 is 2.94 bits per heavy atom. The number of rotatable bonds is 4. The van der Waals surface area contributed by atoms with Gasteiger partial charge in [0.05, 0.1) is 23.2 Å². The predicted octanol–water partition coefficient (Wildman–Crippen LogP) is 2.32. The Balaban J connectivity index is 2.03. The van der Waals surface area contributed by atoms with Crippen LogP contribution in [0.4, 0.5) is 0 Å². The molecule has 0 aliphatic heterocycles. The first kappa shape index (κ1) is 11.4. The zero-order chi connectivity index (χ0) is 11.5. The van der Waals surface area contributed by atoms with Crippen molar-refractivity contribution in [3.63, 3.8) is 0 Å². The summed E-state index contributed by atoms with van der Waals surface area (Å²) in [6.07, 6.45) is 0.323. The minimum atomic E-state index is -0.512. The minimum Gasteiger partial charge on any atom is -0.317 e. The van der Waals surface area contributed by atoms with Crippen LogP contribution in [0.25, 0.3) is 0 Å². The van der Waals surface area contributed by atoms with Gasteiger partial charge >= 0.3 is 0 Å². The van der Waals surface area contributed by atoms with Crippen LogP contribution in [0.5, 0.6) is 0 Å². The lowest BCUT2D eigenvalue weighted by atomic mass is 10.1. The summed E-state index contributed by atoms with van der Waals surface area (Å²) in [5, 5.41) is 4.82. The average molecular weight is 252 g/mol. The molecule has 1 atom stereocenters. The first-order valence-corrected chi connectivity index (χ1v) is 6.65. The number of thiophene rings is 1. The molecule has 84 valence electrons. The van der Waals surface area contributed by atoms with Crippen molar-refractivity contribution in [2.24, 2.45) is 5.73 Å². The monoisotopic (exact) mass is 252 g/mol. The van der Waals surface area contributed by atoms with Crippen LogP contribution in [0.15, 0.2) is 22.9 Å². The molecule has 0 saturated heterocycles. The number of thiazole rings is 1. The Labute approximate surface area is 102 Å². The van der Waals surface area contributed by atoms with E-state index < -0.39 is 6.04 Å². The molecule has 5 heteroatoms. The van der Waals surface area contributed by atoms with Crippen LogP contribution in [-0.4, -0.2) is 10.8 Å². The molecule has 0 spiro atoms. The smallest absolute Gasteiger partial charge is 0.160 e. The standard InChI is InChI=1S/C11H12N2OS2/c1-7-13-8(6-16-7)5-9(14)11(12)10-3-2-4-15-10/h2-4,6,11H,5,12H2,1H3. The fraction of sp³-hybridized carbons (Fsp3) is 0.273. The maximum Gasteiger partial charge on any atom is 0.160 e. The molecule has 0 bridgehead atoms. The summed E-state index contributed by atoms with van der Waals surface area (Å²) in [6, 6.07) is 3.28. The molecule has 0 radical (unpaired) electrons. The number of aryl methyl sites for hydroxylation is 1. The average Bonchev–Trinajstić information content (AvgIpc) is 2.88. The van der Waals surface area contributed by atoms with E-state index in [-0.39, 0.29) is 5.78 Å². The summed E-state index contributed by atoms with van der Waals surface area (Å²) < 4.78 is 0. The number of Topliss-reactive ketones (excluding diaryl/α,β-unsaturated/α-hetero) is 1. The van der Waals surface area contributed by atoms with E-state index in [1.54, 1.807) is 11.3 Å². The molecular formula is C11H12N2OS2. The molecule has 0 aliphatic carbocycles. The van der Waals surface area contributed by atoms with Gasteiger partial charge in [-0.2, -0.15) is 0 Å². The van der Waals surface area contributed by atoms with Gasteiger partial charge in [-0.25, -0.2) is 4.98 Å². The predicted molar refractivity (Wildman–Crippen MR) is 66.8 cm³/mol. The second-order valence-corrected chi connectivity index (χ2v) is 5.54. The molecule has 0 saturated carbocycles. The van der Waals surface area contributed by atoms with Crippen LogP contribution < -0.4 is 5.73 Å². The maximum atomic E-state index is 11.9. The molecule has 0 aromatic carbocycles. The Kier molecular flexibility index (Phi) is 3.48. The Bertz CT molecular complexity index is 476. The fourth-order valence-electron chi connectivity index (χ4n) is 1.40. The van der Waals surface area contributed by atoms with Gasteiger partial charge in [-0.15, -0.1) is 22.7 Å². The molecule has 0 aliphatic rings. The van der Waals surface area contributed by atoms with Crippen molar-refractivity contribution < 1.29 is 4.79 Å². The van der Waals surface area contributed by atoms with Crippen LogP contribution in [0.2, 0.25) is 0 Å². The Hall–Kier alpha value is -1.04. The molecule has 2 aromatic heterocycles. The third-order valence-electron chi connectivity index (χ3n) is 2.22. The number of ketones is 1. The van der Waals surface area contributed by atoms with Crippen LogP contribution >= 0.6 is 22.7 Å². The van der Waals surface area contributed by atoms with E-state index in [4.69, 9.17) is 5.73 Å². The van der Waals surface area contributed by atoms with Crippen molar-refractivity contribution in [3.05, 3.63) is 38.5 Å². The molecule has 2 aromatic rings. The van der Waals surface area contributed by atoms with Crippen molar-refractivity contribution in [2.75, 3.05) is 0 Å². The molecule has 2 N–H and O–H groups in total. The highest BCUT2D eigenvalue weighted by molar-refractivity contribution is 7.10. The zero-order valence-corrected chi connectivity index (χ0v) is 10.5. The number of hydrogen-bond acceptors (Lipinski definition) is 5. The largest absolute Gasteiger partial charge is 0.317 e. The van der Waals surface area contributed by atoms with E-state index in [9.17, 15) is 4.79 Å². The first-order chi connectivity index (χ1) is 7.66. The van der Waals surface area contributed by atoms with E-state index in [2.05, 4.69) is 4.98 Å². The van der Waals surface area contributed by atoms with Gasteiger partial charge < -0.3 is 5.73 Å². The van der Waals surface area contributed by atoms with E-state index in [0.29, 0.717) is 6.42 Å². The Morgan fingerprint density at radius 1 is 1.56 bits per heavy atom. The summed E-state index contributed by atoms with van der Waals surface area (Å²) in [5.74, 6) is 0.0211. The maximum absolute atomic E-state index is 11.9. The van der Waals surface area contributed by atoms with Crippen LogP contribution in [0.3, 0.4) is 0 Å². The van der Waals surface area contributed by atoms with E-state index >= 15 is 0 Å². The molecule has 2 rings (SSSR count). The highest BCUT2D eigenvalue weighted by atomic mass is 32.1. The van der Waals surface area contributed by atoms with Gasteiger partial charge in [0.1, 0.15) is 0 Å². The third kappa shape index (κ3) is 2.55. The van der Waals surface area contributed by atoms with Crippen molar-refractivity contribution in [3.8, 4) is 0 Å². The third-order valence-corrected chi connectivity index (χ3v) is 4.00. The normalized spacial score (nSPS) is 12.6. The SMILES string of the molecule is Cc1nc(CC(=O)C(N)c2cccs2)cs1. The number of carbonyl (C=O) groups excluding carboxylic acids is 1. The van der Waals surface area contributed by atoms with Gasteiger partial charge in [0, 0.05) is 10.3 Å². The number of hydrogen-bond donors (Lipinski definition) is 1. The van der Waals surface area contributed by atoms with Gasteiger partial charge in [0.25, 0.3) is 0 Å². The van der Waals surface area contributed by atoms with Gasteiger partial charge in [0.15, 0.2) is 5.78 Å². The van der Waals surface area contributed by atoms with Crippen molar-refractivity contribution in [1.82, 2.24) is 4.98 Å². The van der Waals surface area contributed by atoms with E-state index in [1.807, 2.05) is 29.8 Å². The zero-order valence-electron chi connectivity index (χ0n) is 8.84. The summed E-state index contributed by atoms with van der Waals surface area (Å²) >= 11 is 3.07. The molecule has 3 nitrogen and oxygen atoms in total. The van der Waals surface area contributed by atoms with Gasteiger partial charge in [-0.05, 0) is 18.4 Å². The van der Waals surface area contributed by atoms with Crippen LogP contribution in [0, 0.1) is 6.92 Å². The molecule has 1 unspecified atom stereocenters. The summed E-state index contributed by atoms with van der Waals surface area (Å²) in [5.41, 5.74) is 6.69. The van der Waals surface area contributed by atoms with Gasteiger partial charge in [-0.3, -0.25) is 4.79 Å². The lowest BCUT2D eigenvalue weighted by molar-refractivity contribution is -0.119. The summed E-state index contributed by atoms with van der Waals surface area (Å²) in [4.78, 5) is 17.0. The molecule has 0 amide bonds. The minimum absolute atomic E-state index is 0.0211. The quantitative estimate of drug-likeness (QED) is 0.908. The summed E-state index contributed by atoms with van der Waals surface area (Å²) in [7, 11) is 0. The number of nitrogens with zero attached hydrogens (tertiary/aromatic N) is 1. The number of nitrogens with two attached hydrogens (primary N) is 1. The molecule has 0 fully saturated rings. The Morgan fingerprint density at radius 2 is 2.38 bits per heavy atom. The highest BCUT2D eigenvalue weighted by Crippen LogP contribution is 2.19. The first-order valence-electron chi connectivity index (χ1n) is 4.89. The van der Waals surface area contributed by atoms with E-state index in [1.165, 1.54) is 11.3 Å². The lowest BCUT2D eigenvalue weighted by Gasteiger charge is -2.06. The molecule has 2 heterocycles. The van der Waals surface area contributed by atoms with E-state index in [0.717, 1.165) is 15.6 Å². The van der Waals surface area contributed by atoms with Crippen molar-refractivity contribution >= 4 is 28.5 Å². The molecular weight excluding hydrogens is 240 g/mol. The highest BCUT2D eigenvalue weighted by Gasteiger charge is 2.17. The van der Waals surface area contributed by atoms with Crippen LogP contribution in [-0.2, 0) is 11.2 Å². The number of aromatic nitrogens is 1. The van der Waals surface area contributed by atoms with Crippen LogP contribution in [0.1, 0.15) is 21.6 Å². The van der Waals surface area contributed by atoms with Crippen molar-refractivity contribution in [2.45, 2.75) is 19.4 Å². The lowest BCUT2D eigenvalue weighted by Crippen LogP contribution is -2.22. The second kappa shape index (κ2) is 4.86. The molecule has 16 heavy (non-hydrogen) atoms. The second-order valence-electron chi connectivity index (χ2n) is 3.49.